The largest absolute Gasteiger partial charge is 0.490 e. The Labute approximate surface area is 195 Å². The van der Waals surface area contributed by atoms with Crippen molar-refractivity contribution in [1.29, 1.82) is 0 Å². The molecule has 1 saturated heterocycles. The molecule has 0 spiro atoms. The zero-order valence-electron chi connectivity index (χ0n) is 18.7. The van der Waals surface area contributed by atoms with Crippen molar-refractivity contribution in [3.8, 4) is 11.5 Å². The van der Waals surface area contributed by atoms with Gasteiger partial charge < -0.3 is 19.1 Å². The molecule has 0 N–H and O–H groups in total. The predicted octanol–water partition coefficient (Wildman–Crippen LogP) is 4.10. The van der Waals surface area contributed by atoms with E-state index in [4.69, 9.17) is 14.2 Å². The molecule has 0 saturated carbocycles. The number of carbonyl (C=O) groups excluding carboxylic acids is 2. The zero-order chi connectivity index (χ0) is 24.1. The molecule has 2 aromatic rings. The third-order valence-electron chi connectivity index (χ3n) is 5.42. The van der Waals surface area contributed by atoms with Crippen molar-refractivity contribution in [2.75, 3.05) is 26.3 Å². The molecule has 0 unspecified atom stereocenters. The average Bonchev–Trinajstić information content (AvgIpc) is 3.21. The summed E-state index contributed by atoms with van der Waals surface area (Å²) >= 11 is 0. The summed E-state index contributed by atoms with van der Waals surface area (Å²) in [5.41, 5.74) is 0.726. The molecule has 2 aromatic carbocycles. The number of nitrogens with zero attached hydrogens (tertiary/aromatic N) is 2. The Morgan fingerprint density at radius 2 is 1.85 bits per heavy atom. The number of benzene rings is 2. The van der Waals surface area contributed by atoms with Crippen molar-refractivity contribution >= 4 is 23.9 Å². The number of hydrogen-bond donors (Lipinski definition) is 0. The number of hydrogen-bond acceptors (Lipinski definition) is 6. The van der Waals surface area contributed by atoms with Crippen LogP contribution in [-0.4, -0.2) is 49.0 Å². The van der Waals surface area contributed by atoms with Gasteiger partial charge in [0.05, 0.1) is 6.61 Å². The van der Waals surface area contributed by atoms with Crippen LogP contribution in [0, 0.1) is 11.6 Å². The second-order valence-corrected chi connectivity index (χ2v) is 7.83. The Hall–Kier alpha value is -3.75. The molecule has 1 fully saturated rings. The number of halogens is 2. The number of likely N-dealkylation sites (tertiary alicyclic amines) is 1. The Morgan fingerprint density at radius 1 is 1.06 bits per heavy atom. The van der Waals surface area contributed by atoms with E-state index in [0.717, 1.165) is 44.5 Å². The van der Waals surface area contributed by atoms with Crippen LogP contribution in [-0.2, 0) is 14.3 Å². The number of piperidine rings is 1. The van der Waals surface area contributed by atoms with E-state index in [1.54, 1.807) is 23.1 Å². The monoisotopic (exact) mass is 470 g/mol. The summed E-state index contributed by atoms with van der Waals surface area (Å²) < 4.78 is 43.2. The minimum Gasteiger partial charge on any atom is -0.490 e. The molecular weight excluding hydrogens is 446 g/mol. The van der Waals surface area contributed by atoms with Crippen LogP contribution >= 0.6 is 0 Å². The van der Waals surface area contributed by atoms with Crippen molar-refractivity contribution in [2.24, 2.45) is 4.99 Å². The van der Waals surface area contributed by atoms with Crippen LogP contribution in [0.15, 0.2) is 47.1 Å². The molecule has 0 aliphatic carbocycles. The normalized spacial score (nSPS) is 16.9. The van der Waals surface area contributed by atoms with Gasteiger partial charge in [-0.2, -0.15) is 0 Å². The SMILES string of the molecule is CCOc1cc(C=C2N=C(c3ccc(F)c(F)c3)OC2=O)ccc1OCC(=O)N1CCCCC1. The lowest BCUT2D eigenvalue weighted by Crippen LogP contribution is -2.38. The topological polar surface area (TPSA) is 77.4 Å². The molecule has 34 heavy (non-hydrogen) atoms. The fourth-order valence-corrected chi connectivity index (χ4v) is 3.70. The van der Waals surface area contributed by atoms with Gasteiger partial charge in [0, 0.05) is 18.7 Å². The summed E-state index contributed by atoms with van der Waals surface area (Å²) in [4.78, 5) is 30.6. The van der Waals surface area contributed by atoms with E-state index in [0.29, 0.717) is 23.7 Å². The van der Waals surface area contributed by atoms with E-state index in [9.17, 15) is 18.4 Å². The fraction of sp³-hybridized carbons (Fsp3) is 0.320. The van der Waals surface area contributed by atoms with E-state index in [1.165, 1.54) is 12.1 Å². The standard InChI is InChI=1S/C25H24F2N2O5/c1-2-32-22-13-16(6-9-21(22)33-15-23(30)29-10-4-3-5-11-29)12-20-25(31)34-24(28-20)17-7-8-18(26)19(27)14-17/h6-9,12-14H,2-5,10-11,15H2,1H3. The van der Waals surface area contributed by atoms with Gasteiger partial charge in [-0.1, -0.05) is 6.07 Å². The third-order valence-corrected chi connectivity index (χ3v) is 5.42. The van der Waals surface area contributed by atoms with Crippen molar-refractivity contribution in [1.82, 2.24) is 4.90 Å². The molecular formula is C25H24F2N2O5. The van der Waals surface area contributed by atoms with Crippen LogP contribution in [0.4, 0.5) is 8.78 Å². The van der Waals surface area contributed by atoms with Gasteiger partial charge in [0.25, 0.3) is 5.91 Å². The van der Waals surface area contributed by atoms with Gasteiger partial charge in [-0.05, 0) is 68.2 Å². The van der Waals surface area contributed by atoms with Crippen LogP contribution in [0.3, 0.4) is 0 Å². The maximum Gasteiger partial charge on any atom is 0.363 e. The minimum absolute atomic E-state index is 0.00359. The average molecular weight is 470 g/mol. The lowest BCUT2D eigenvalue weighted by molar-refractivity contribution is -0.134. The molecule has 0 radical (unpaired) electrons. The van der Waals surface area contributed by atoms with Gasteiger partial charge in [0.2, 0.25) is 5.90 Å². The summed E-state index contributed by atoms with van der Waals surface area (Å²) in [6.45, 7) is 3.60. The molecule has 7 nitrogen and oxygen atoms in total. The quantitative estimate of drug-likeness (QED) is 0.450. The van der Waals surface area contributed by atoms with Crippen LogP contribution in [0.1, 0.15) is 37.3 Å². The van der Waals surface area contributed by atoms with Gasteiger partial charge in [0.15, 0.2) is 35.4 Å². The maximum absolute atomic E-state index is 13.5. The van der Waals surface area contributed by atoms with Crippen LogP contribution in [0.2, 0.25) is 0 Å². The smallest absolute Gasteiger partial charge is 0.363 e. The van der Waals surface area contributed by atoms with E-state index in [2.05, 4.69) is 4.99 Å². The number of esters is 1. The number of amides is 1. The molecule has 0 aromatic heterocycles. The number of carbonyl (C=O) groups is 2. The second kappa shape index (κ2) is 10.5. The van der Waals surface area contributed by atoms with Crippen molar-refractivity contribution < 1.29 is 32.6 Å². The molecule has 0 bridgehead atoms. The van der Waals surface area contributed by atoms with Crippen molar-refractivity contribution in [3.05, 3.63) is 64.9 Å². The number of cyclic esters (lactones) is 1. The van der Waals surface area contributed by atoms with E-state index >= 15 is 0 Å². The van der Waals surface area contributed by atoms with Crippen molar-refractivity contribution in [3.63, 3.8) is 0 Å². The minimum atomic E-state index is -1.07. The predicted molar refractivity (Wildman–Crippen MR) is 121 cm³/mol. The van der Waals surface area contributed by atoms with Gasteiger partial charge in [-0.3, -0.25) is 4.79 Å². The van der Waals surface area contributed by atoms with Crippen LogP contribution in [0.5, 0.6) is 11.5 Å². The van der Waals surface area contributed by atoms with Gasteiger partial charge in [0.1, 0.15) is 0 Å². The summed E-state index contributed by atoms with van der Waals surface area (Å²) in [5.74, 6) is -2.14. The highest BCUT2D eigenvalue weighted by Crippen LogP contribution is 2.30. The first-order valence-electron chi connectivity index (χ1n) is 11.1. The lowest BCUT2D eigenvalue weighted by Gasteiger charge is -2.26. The first-order valence-corrected chi connectivity index (χ1v) is 11.1. The summed E-state index contributed by atoms with van der Waals surface area (Å²) in [5, 5.41) is 0. The van der Waals surface area contributed by atoms with E-state index in [1.807, 2.05) is 6.92 Å². The molecule has 2 heterocycles. The van der Waals surface area contributed by atoms with Gasteiger partial charge in [-0.15, -0.1) is 0 Å². The van der Waals surface area contributed by atoms with Gasteiger partial charge in [-0.25, -0.2) is 18.6 Å². The first-order chi connectivity index (χ1) is 16.4. The fourth-order valence-electron chi connectivity index (χ4n) is 3.70. The number of ether oxygens (including phenoxy) is 3. The Balaban J connectivity index is 1.50. The zero-order valence-corrected chi connectivity index (χ0v) is 18.7. The highest BCUT2D eigenvalue weighted by Gasteiger charge is 2.25. The molecule has 2 aliphatic heterocycles. The van der Waals surface area contributed by atoms with Crippen LogP contribution in [0.25, 0.3) is 6.08 Å². The first kappa shape index (κ1) is 23.4. The summed E-state index contributed by atoms with van der Waals surface area (Å²) in [7, 11) is 0. The highest BCUT2D eigenvalue weighted by atomic mass is 19.2. The Bertz CT molecular complexity index is 1160. The molecule has 178 valence electrons. The summed E-state index contributed by atoms with van der Waals surface area (Å²) in [6, 6.07) is 8.13. The third kappa shape index (κ3) is 5.41. The molecule has 4 rings (SSSR count). The van der Waals surface area contributed by atoms with E-state index in [-0.39, 0.29) is 29.7 Å². The molecule has 0 atom stereocenters. The van der Waals surface area contributed by atoms with E-state index < -0.39 is 17.6 Å². The Morgan fingerprint density at radius 3 is 2.59 bits per heavy atom. The lowest BCUT2D eigenvalue weighted by atomic mass is 10.1. The highest BCUT2D eigenvalue weighted by molar-refractivity contribution is 6.12. The number of aliphatic imine (C=N–C) groups is 1. The Kier molecular flexibility index (Phi) is 7.20. The maximum atomic E-state index is 13.5. The van der Waals surface area contributed by atoms with Crippen LogP contribution < -0.4 is 9.47 Å². The molecule has 9 heteroatoms. The van der Waals surface area contributed by atoms with Crippen molar-refractivity contribution in [2.45, 2.75) is 26.2 Å². The molecule has 2 aliphatic rings. The molecule has 1 amide bonds. The van der Waals surface area contributed by atoms with Gasteiger partial charge >= 0.3 is 5.97 Å². The second-order valence-electron chi connectivity index (χ2n) is 7.83. The number of rotatable bonds is 7. The summed E-state index contributed by atoms with van der Waals surface area (Å²) in [6.07, 6.45) is 4.63.